The van der Waals surface area contributed by atoms with Crippen LogP contribution in [0.2, 0.25) is 0 Å². The van der Waals surface area contributed by atoms with Crippen molar-refractivity contribution in [2.45, 2.75) is 26.7 Å². The molecule has 0 unspecified atom stereocenters. The Labute approximate surface area is 81.1 Å². The second-order valence-electron chi connectivity index (χ2n) is 3.85. The van der Waals surface area contributed by atoms with E-state index in [-0.39, 0.29) is 5.97 Å². The van der Waals surface area contributed by atoms with Crippen molar-refractivity contribution < 1.29 is 9.53 Å². The van der Waals surface area contributed by atoms with Crippen LogP contribution < -0.4 is 0 Å². The quantitative estimate of drug-likeness (QED) is 0.591. The molecule has 0 aromatic carbocycles. The van der Waals surface area contributed by atoms with Crippen molar-refractivity contribution in [3.05, 3.63) is 0 Å². The van der Waals surface area contributed by atoms with Crippen molar-refractivity contribution in [3.63, 3.8) is 0 Å². The summed E-state index contributed by atoms with van der Waals surface area (Å²) >= 11 is 0. The zero-order valence-electron chi connectivity index (χ0n) is 9.17. The SMILES string of the molecule is COC(=O)CN(C)CCCC(C)C. The largest absolute Gasteiger partial charge is 0.468 e. The highest BCUT2D eigenvalue weighted by Gasteiger charge is 2.05. The van der Waals surface area contributed by atoms with Crippen LogP contribution in [0.1, 0.15) is 26.7 Å². The lowest BCUT2D eigenvalue weighted by Crippen LogP contribution is -2.27. The van der Waals surface area contributed by atoms with Gasteiger partial charge < -0.3 is 4.74 Å². The number of hydrogen-bond donors (Lipinski definition) is 0. The summed E-state index contributed by atoms with van der Waals surface area (Å²) in [6.45, 7) is 5.78. The van der Waals surface area contributed by atoms with Gasteiger partial charge >= 0.3 is 5.97 Å². The van der Waals surface area contributed by atoms with Gasteiger partial charge in [-0.2, -0.15) is 0 Å². The van der Waals surface area contributed by atoms with E-state index in [9.17, 15) is 4.79 Å². The van der Waals surface area contributed by atoms with Gasteiger partial charge in [0.25, 0.3) is 0 Å². The molecule has 0 saturated heterocycles. The number of hydrogen-bond acceptors (Lipinski definition) is 3. The first-order valence-corrected chi connectivity index (χ1v) is 4.81. The minimum absolute atomic E-state index is 0.160. The molecular weight excluding hydrogens is 166 g/mol. The smallest absolute Gasteiger partial charge is 0.319 e. The van der Waals surface area contributed by atoms with E-state index in [2.05, 4.69) is 18.6 Å². The molecule has 0 aliphatic rings. The molecule has 0 aliphatic carbocycles. The monoisotopic (exact) mass is 187 g/mol. The van der Waals surface area contributed by atoms with E-state index in [1.807, 2.05) is 11.9 Å². The van der Waals surface area contributed by atoms with Gasteiger partial charge in [-0.25, -0.2) is 0 Å². The fourth-order valence-electron chi connectivity index (χ4n) is 1.13. The molecule has 0 aromatic heterocycles. The van der Waals surface area contributed by atoms with Gasteiger partial charge in [0.1, 0.15) is 0 Å². The number of methoxy groups -OCH3 is 1. The lowest BCUT2D eigenvalue weighted by molar-refractivity contribution is -0.141. The molecule has 0 rings (SSSR count). The average molecular weight is 187 g/mol. The number of likely N-dealkylation sites (N-methyl/N-ethyl adjacent to an activating group) is 1. The van der Waals surface area contributed by atoms with Crippen molar-refractivity contribution in [3.8, 4) is 0 Å². The highest BCUT2D eigenvalue weighted by Crippen LogP contribution is 2.03. The average Bonchev–Trinajstić information content (AvgIpc) is 2.03. The Morgan fingerprint density at radius 1 is 1.46 bits per heavy atom. The number of esters is 1. The summed E-state index contributed by atoms with van der Waals surface area (Å²) in [6, 6.07) is 0. The summed E-state index contributed by atoms with van der Waals surface area (Å²) in [5.74, 6) is 0.582. The molecule has 13 heavy (non-hydrogen) atoms. The summed E-state index contributed by atoms with van der Waals surface area (Å²) in [6.07, 6.45) is 2.36. The van der Waals surface area contributed by atoms with Crippen LogP contribution in [0.5, 0.6) is 0 Å². The van der Waals surface area contributed by atoms with Gasteiger partial charge in [-0.15, -0.1) is 0 Å². The molecule has 78 valence electrons. The van der Waals surface area contributed by atoms with Crippen molar-refractivity contribution in [1.82, 2.24) is 4.90 Å². The van der Waals surface area contributed by atoms with Gasteiger partial charge in [0, 0.05) is 0 Å². The fourth-order valence-corrected chi connectivity index (χ4v) is 1.13. The molecule has 0 N–H and O–H groups in total. The summed E-state index contributed by atoms with van der Waals surface area (Å²) in [5, 5.41) is 0. The molecule has 0 radical (unpaired) electrons. The maximum absolute atomic E-state index is 10.9. The Morgan fingerprint density at radius 3 is 2.54 bits per heavy atom. The third-order valence-electron chi connectivity index (χ3n) is 1.95. The molecule has 0 bridgehead atoms. The Morgan fingerprint density at radius 2 is 2.08 bits per heavy atom. The van der Waals surface area contributed by atoms with E-state index < -0.39 is 0 Å². The number of rotatable bonds is 6. The fraction of sp³-hybridized carbons (Fsp3) is 0.900. The van der Waals surface area contributed by atoms with Crippen molar-refractivity contribution >= 4 is 5.97 Å². The molecule has 0 atom stereocenters. The van der Waals surface area contributed by atoms with Crippen LogP contribution in [0.25, 0.3) is 0 Å². The molecule has 0 spiro atoms. The molecule has 0 aliphatic heterocycles. The molecule has 0 saturated carbocycles. The van der Waals surface area contributed by atoms with E-state index in [0.29, 0.717) is 6.54 Å². The Hall–Kier alpha value is -0.570. The van der Waals surface area contributed by atoms with Crippen molar-refractivity contribution in [2.24, 2.45) is 5.92 Å². The third kappa shape index (κ3) is 7.78. The maximum Gasteiger partial charge on any atom is 0.319 e. The molecular formula is C10H21NO2. The highest BCUT2D eigenvalue weighted by molar-refractivity contribution is 5.71. The van der Waals surface area contributed by atoms with Gasteiger partial charge in [0.2, 0.25) is 0 Å². The topological polar surface area (TPSA) is 29.5 Å². The van der Waals surface area contributed by atoms with Crippen LogP contribution in [0.3, 0.4) is 0 Å². The highest BCUT2D eigenvalue weighted by atomic mass is 16.5. The van der Waals surface area contributed by atoms with E-state index in [1.54, 1.807) is 0 Å². The lowest BCUT2D eigenvalue weighted by atomic mass is 10.1. The zero-order valence-corrected chi connectivity index (χ0v) is 9.17. The van der Waals surface area contributed by atoms with Gasteiger partial charge in [-0.1, -0.05) is 13.8 Å². The maximum atomic E-state index is 10.9. The van der Waals surface area contributed by atoms with Gasteiger partial charge in [0.15, 0.2) is 0 Å². The minimum Gasteiger partial charge on any atom is -0.468 e. The van der Waals surface area contributed by atoms with Gasteiger partial charge in [0.05, 0.1) is 13.7 Å². The number of carbonyl (C=O) groups excluding carboxylic acids is 1. The van der Waals surface area contributed by atoms with E-state index in [0.717, 1.165) is 18.9 Å². The molecule has 0 fully saturated rings. The Kier molecular flexibility index (Phi) is 6.59. The molecule has 3 heteroatoms. The van der Waals surface area contributed by atoms with Crippen LogP contribution in [0.4, 0.5) is 0 Å². The van der Waals surface area contributed by atoms with Crippen LogP contribution in [0.15, 0.2) is 0 Å². The van der Waals surface area contributed by atoms with E-state index >= 15 is 0 Å². The molecule has 0 aromatic rings. The first-order valence-electron chi connectivity index (χ1n) is 4.81. The third-order valence-corrected chi connectivity index (χ3v) is 1.95. The first kappa shape index (κ1) is 12.4. The molecule has 0 heterocycles. The summed E-state index contributed by atoms with van der Waals surface area (Å²) in [4.78, 5) is 12.8. The number of carbonyl (C=O) groups is 1. The van der Waals surface area contributed by atoms with Gasteiger partial charge in [-0.05, 0) is 32.4 Å². The Bertz CT molecular complexity index is 146. The molecule has 3 nitrogen and oxygen atoms in total. The second kappa shape index (κ2) is 6.89. The van der Waals surface area contributed by atoms with Crippen LogP contribution >= 0.6 is 0 Å². The van der Waals surface area contributed by atoms with E-state index in [4.69, 9.17) is 0 Å². The molecule has 0 amide bonds. The number of nitrogens with zero attached hydrogens (tertiary/aromatic N) is 1. The van der Waals surface area contributed by atoms with E-state index in [1.165, 1.54) is 13.5 Å². The summed E-state index contributed by atoms with van der Waals surface area (Å²) < 4.78 is 4.57. The zero-order chi connectivity index (χ0) is 10.3. The van der Waals surface area contributed by atoms with Crippen molar-refractivity contribution in [1.29, 1.82) is 0 Å². The standard InChI is InChI=1S/C10H21NO2/c1-9(2)6-5-7-11(3)8-10(12)13-4/h9H,5-8H2,1-4H3. The van der Waals surface area contributed by atoms with Crippen LogP contribution in [-0.4, -0.2) is 38.1 Å². The van der Waals surface area contributed by atoms with Crippen LogP contribution in [0, 0.1) is 5.92 Å². The second-order valence-corrected chi connectivity index (χ2v) is 3.85. The summed E-state index contributed by atoms with van der Waals surface area (Å²) in [7, 11) is 3.36. The Balaban J connectivity index is 3.40. The normalized spacial score (nSPS) is 10.9. The predicted molar refractivity (Wildman–Crippen MR) is 53.6 cm³/mol. The van der Waals surface area contributed by atoms with Crippen molar-refractivity contribution in [2.75, 3.05) is 27.2 Å². The predicted octanol–water partition coefficient (Wildman–Crippen LogP) is 1.53. The minimum atomic E-state index is -0.160. The number of ether oxygens (including phenoxy) is 1. The van der Waals surface area contributed by atoms with Gasteiger partial charge in [-0.3, -0.25) is 9.69 Å². The first-order chi connectivity index (χ1) is 6.06. The lowest BCUT2D eigenvalue weighted by Gasteiger charge is -2.15. The van der Waals surface area contributed by atoms with Crippen LogP contribution in [-0.2, 0) is 9.53 Å². The summed E-state index contributed by atoms with van der Waals surface area (Å²) in [5.41, 5.74) is 0.